The van der Waals surface area contributed by atoms with Gasteiger partial charge < -0.3 is 14.6 Å². The predicted molar refractivity (Wildman–Crippen MR) is 127 cm³/mol. The predicted octanol–water partition coefficient (Wildman–Crippen LogP) is 4.78. The first kappa shape index (κ1) is 22.0. The van der Waals surface area contributed by atoms with Crippen molar-refractivity contribution >= 4 is 24.4 Å². The van der Waals surface area contributed by atoms with Crippen molar-refractivity contribution in [3.8, 4) is 22.9 Å². The van der Waals surface area contributed by atoms with Crippen LogP contribution in [0.1, 0.15) is 21.5 Å². The molecule has 0 spiro atoms. The lowest BCUT2D eigenvalue weighted by Gasteiger charge is -2.11. The SMILES string of the molecule is COc1cc(C=Nn2c(-c3ccccc3)n[nH]c2=S)ccc1OCc1ccc(C(=O)O)cc1. The molecule has 3 aromatic carbocycles. The Morgan fingerprint density at radius 3 is 2.58 bits per heavy atom. The Kier molecular flexibility index (Phi) is 6.61. The largest absolute Gasteiger partial charge is 0.493 e. The highest BCUT2D eigenvalue weighted by Crippen LogP contribution is 2.28. The summed E-state index contributed by atoms with van der Waals surface area (Å²) in [6.45, 7) is 0.272. The molecule has 1 aromatic heterocycles. The Bertz CT molecular complexity index is 1350. The van der Waals surface area contributed by atoms with Gasteiger partial charge in [0, 0.05) is 5.56 Å². The summed E-state index contributed by atoms with van der Waals surface area (Å²) >= 11 is 5.31. The highest BCUT2D eigenvalue weighted by molar-refractivity contribution is 7.71. The lowest BCUT2D eigenvalue weighted by atomic mass is 10.1. The number of H-pyrrole nitrogens is 1. The summed E-state index contributed by atoms with van der Waals surface area (Å²) in [6, 6.07) is 21.6. The fourth-order valence-electron chi connectivity index (χ4n) is 3.09. The Balaban J connectivity index is 1.51. The number of nitrogens with one attached hydrogen (secondary N) is 1. The van der Waals surface area contributed by atoms with E-state index >= 15 is 0 Å². The molecular weight excluding hydrogens is 440 g/mol. The van der Waals surface area contributed by atoms with Crippen molar-refractivity contribution in [3.63, 3.8) is 0 Å². The second kappa shape index (κ2) is 9.92. The van der Waals surface area contributed by atoms with E-state index in [9.17, 15) is 4.79 Å². The van der Waals surface area contributed by atoms with Gasteiger partial charge in [-0.3, -0.25) is 0 Å². The number of aromatic amines is 1. The molecule has 0 atom stereocenters. The van der Waals surface area contributed by atoms with Crippen LogP contribution < -0.4 is 9.47 Å². The van der Waals surface area contributed by atoms with Crippen LogP contribution in [0.3, 0.4) is 0 Å². The Hall–Kier alpha value is -4.24. The number of aromatic carboxylic acids is 1. The zero-order valence-electron chi connectivity index (χ0n) is 17.6. The minimum Gasteiger partial charge on any atom is -0.493 e. The van der Waals surface area contributed by atoms with Crippen LogP contribution in [0.5, 0.6) is 11.5 Å². The van der Waals surface area contributed by atoms with Crippen LogP contribution >= 0.6 is 12.2 Å². The molecule has 0 saturated heterocycles. The number of carboxylic acid groups (broad SMARTS) is 1. The molecule has 0 aliphatic rings. The van der Waals surface area contributed by atoms with Crippen molar-refractivity contribution in [2.24, 2.45) is 5.10 Å². The van der Waals surface area contributed by atoms with Gasteiger partial charge in [0.25, 0.3) is 0 Å². The lowest BCUT2D eigenvalue weighted by molar-refractivity contribution is 0.0697. The quantitative estimate of drug-likeness (QED) is 0.290. The molecule has 8 nitrogen and oxygen atoms in total. The molecule has 9 heteroatoms. The monoisotopic (exact) mass is 460 g/mol. The second-order valence-electron chi connectivity index (χ2n) is 6.98. The summed E-state index contributed by atoms with van der Waals surface area (Å²) in [4.78, 5) is 11.0. The molecule has 0 bridgehead atoms. The van der Waals surface area contributed by atoms with Gasteiger partial charge in [0.15, 0.2) is 17.3 Å². The van der Waals surface area contributed by atoms with Crippen molar-refractivity contribution in [1.29, 1.82) is 0 Å². The van der Waals surface area contributed by atoms with E-state index in [-0.39, 0.29) is 12.2 Å². The summed E-state index contributed by atoms with van der Waals surface area (Å²) < 4.78 is 13.3. The number of nitrogens with zero attached hydrogens (tertiary/aromatic N) is 3. The van der Waals surface area contributed by atoms with E-state index in [1.54, 1.807) is 54.4 Å². The van der Waals surface area contributed by atoms with Crippen molar-refractivity contribution in [2.75, 3.05) is 7.11 Å². The number of hydrogen-bond acceptors (Lipinski definition) is 6. The van der Waals surface area contributed by atoms with E-state index in [0.717, 1.165) is 16.7 Å². The van der Waals surface area contributed by atoms with Crippen molar-refractivity contribution in [2.45, 2.75) is 6.61 Å². The molecule has 1 heterocycles. The topological polar surface area (TPSA) is 102 Å². The zero-order valence-corrected chi connectivity index (χ0v) is 18.5. The summed E-state index contributed by atoms with van der Waals surface area (Å²) in [5, 5.41) is 20.5. The average molecular weight is 461 g/mol. The maximum absolute atomic E-state index is 11.0. The standard InChI is InChI=1S/C24H20N4O4S/c1-31-21-13-17(9-12-20(21)32-15-16-7-10-19(11-8-16)23(29)30)14-25-28-22(26-27-24(28)33)18-5-3-2-4-6-18/h2-14H,15H2,1H3,(H,27,33)(H,29,30). The molecule has 0 amide bonds. The molecule has 0 saturated carbocycles. The molecular formula is C24H20N4O4S. The van der Waals surface area contributed by atoms with Gasteiger partial charge in [0.2, 0.25) is 4.77 Å². The third kappa shape index (κ3) is 5.16. The first-order valence-corrected chi connectivity index (χ1v) is 10.4. The Labute approximate surface area is 194 Å². The molecule has 33 heavy (non-hydrogen) atoms. The third-order valence-electron chi connectivity index (χ3n) is 4.79. The van der Waals surface area contributed by atoms with E-state index in [1.807, 2.05) is 36.4 Å². The molecule has 0 fully saturated rings. The van der Waals surface area contributed by atoms with Gasteiger partial charge in [-0.25, -0.2) is 9.89 Å². The number of carbonyl (C=O) groups is 1. The van der Waals surface area contributed by atoms with Crippen LogP contribution in [0.2, 0.25) is 0 Å². The van der Waals surface area contributed by atoms with Gasteiger partial charge in [-0.15, -0.1) is 0 Å². The second-order valence-corrected chi connectivity index (χ2v) is 7.36. The van der Waals surface area contributed by atoms with Crippen LogP contribution in [-0.4, -0.2) is 39.3 Å². The van der Waals surface area contributed by atoms with E-state index in [2.05, 4.69) is 15.3 Å². The summed E-state index contributed by atoms with van der Waals surface area (Å²) in [6.07, 6.45) is 1.66. The van der Waals surface area contributed by atoms with Gasteiger partial charge in [0.05, 0.1) is 18.9 Å². The number of carboxylic acids is 1. The van der Waals surface area contributed by atoms with Gasteiger partial charge in [-0.1, -0.05) is 42.5 Å². The fourth-order valence-corrected chi connectivity index (χ4v) is 3.26. The minimum atomic E-state index is -0.964. The number of methoxy groups -OCH3 is 1. The van der Waals surface area contributed by atoms with Crippen LogP contribution in [-0.2, 0) is 6.61 Å². The zero-order chi connectivity index (χ0) is 23.2. The fraction of sp³-hybridized carbons (Fsp3) is 0.0833. The Morgan fingerprint density at radius 2 is 1.88 bits per heavy atom. The maximum Gasteiger partial charge on any atom is 0.335 e. The van der Waals surface area contributed by atoms with Crippen molar-refractivity contribution in [3.05, 3.63) is 94.3 Å². The van der Waals surface area contributed by atoms with Gasteiger partial charge in [0.1, 0.15) is 6.61 Å². The lowest BCUT2D eigenvalue weighted by Crippen LogP contribution is -2.00. The number of rotatable bonds is 8. The highest BCUT2D eigenvalue weighted by Gasteiger charge is 2.09. The summed E-state index contributed by atoms with van der Waals surface area (Å²) in [7, 11) is 1.56. The van der Waals surface area contributed by atoms with Gasteiger partial charge in [-0.05, 0) is 53.7 Å². The summed E-state index contributed by atoms with van der Waals surface area (Å²) in [5.41, 5.74) is 2.75. The average Bonchev–Trinajstić information content (AvgIpc) is 3.22. The minimum absolute atomic E-state index is 0.230. The molecule has 4 rings (SSSR count). The van der Waals surface area contributed by atoms with Crippen molar-refractivity contribution in [1.82, 2.24) is 14.9 Å². The van der Waals surface area contributed by atoms with E-state index in [0.29, 0.717) is 22.1 Å². The first-order chi connectivity index (χ1) is 16.0. The molecule has 0 unspecified atom stereocenters. The Morgan fingerprint density at radius 1 is 1.12 bits per heavy atom. The molecule has 0 radical (unpaired) electrons. The number of hydrogen-bond donors (Lipinski definition) is 2. The number of benzene rings is 3. The molecule has 0 aliphatic carbocycles. The number of aromatic nitrogens is 3. The first-order valence-electron chi connectivity index (χ1n) is 9.95. The highest BCUT2D eigenvalue weighted by atomic mass is 32.1. The van der Waals surface area contributed by atoms with Crippen molar-refractivity contribution < 1.29 is 19.4 Å². The molecule has 166 valence electrons. The van der Waals surface area contributed by atoms with E-state index < -0.39 is 5.97 Å². The smallest absolute Gasteiger partial charge is 0.335 e. The van der Waals surface area contributed by atoms with Gasteiger partial charge in [-0.2, -0.15) is 14.9 Å². The molecule has 2 N–H and O–H groups in total. The molecule has 0 aliphatic heterocycles. The van der Waals surface area contributed by atoms with E-state index in [1.165, 1.54) is 0 Å². The van der Waals surface area contributed by atoms with E-state index in [4.69, 9.17) is 26.8 Å². The summed E-state index contributed by atoms with van der Waals surface area (Å²) in [5.74, 6) is 0.744. The normalized spacial score (nSPS) is 10.9. The van der Waals surface area contributed by atoms with Gasteiger partial charge >= 0.3 is 5.97 Å². The maximum atomic E-state index is 11.0. The third-order valence-corrected chi connectivity index (χ3v) is 5.05. The number of ether oxygens (including phenoxy) is 2. The van der Waals surface area contributed by atoms with Crippen LogP contribution in [0.25, 0.3) is 11.4 Å². The van der Waals surface area contributed by atoms with Crippen LogP contribution in [0.15, 0.2) is 77.9 Å². The molecule has 4 aromatic rings. The van der Waals surface area contributed by atoms with Crippen LogP contribution in [0, 0.1) is 4.77 Å². The van der Waals surface area contributed by atoms with Crippen LogP contribution in [0.4, 0.5) is 0 Å².